The molecule has 0 radical (unpaired) electrons. The summed E-state index contributed by atoms with van der Waals surface area (Å²) in [5.74, 6) is 0.0732. The van der Waals surface area contributed by atoms with Crippen molar-refractivity contribution in [3.05, 3.63) is 29.6 Å². The molecule has 0 bridgehead atoms. The van der Waals surface area contributed by atoms with Crippen molar-refractivity contribution in [1.82, 2.24) is 10.2 Å². The van der Waals surface area contributed by atoms with Crippen LogP contribution >= 0.6 is 0 Å². The highest BCUT2D eigenvalue weighted by Crippen LogP contribution is 2.28. The Labute approximate surface area is 171 Å². The number of carbonyl (C=O) groups excluding carboxylic acids is 1. The van der Waals surface area contributed by atoms with E-state index in [-0.39, 0.29) is 23.9 Å². The van der Waals surface area contributed by atoms with Gasteiger partial charge in [0.25, 0.3) is 0 Å². The average molecular weight is 397 g/mol. The van der Waals surface area contributed by atoms with Crippen LogP contribution in [0.2, 0.25) is 0 Å². The molecule has 2 fully saturated rings. The van der Waals surface area contributed by atoms with Crippen molar-refractivity contribution in [2.75, 3.05) is 37.6 Å². The van der Waals surface area contributed by atoms with Crippen molar-refractivity contribution in [2.24, 2.45) is 5.92 Å². The van der Waals surface area contributed by atoms with E-state index in [1.807, 2.05) is 18.2 Å². The topological polar surface area (TPSA) is 83.2 Å². The molecule has 6 nitrogen and oxygen atoms in total. The Balaban J connectivity index is 1.38. The Morgan fingerprint density at radius 1 is 1.14 bits per heavy atom. The molecule has 29 heavy (non-hydrogen) atoms. The molecule has 1 amide bonds. The van der Waals surface area contributed by atoms with E-state index in [4.69, 9.17) is 5.26 Å². The number of hydrogen-bond acceptors (Lipinski definition) is 5. The molecule has 0 unspecified atom stereocenters. The van der Waals surface area contributed by atoms with E-state index < -0.39 is 5.82 Å². The first-order valence-corrected chi connectivity index (χ1v) is 10.4. The molecule has 0 atom stereocenters. The maximum atomic E-state index is 13.8. The second-order valence-corrected chi connectivity index (χ2v) is 7.98. The minimum absolute atomic E-state index is 0.0581. The highest BCUT2D eigenvalue weighted by Gasteiger charge is 2.24. The van der Waals surface area contributed by atoms with Crippen LogP contribution in [0.15, 0.2) is 18.2 Å². The number of amides is 1. The first-order valence-electron chi connectivity index (χ1n) is 10.4. The first kappa shape index (κ1) is 21.1. The lowest BCUT2D eigenvalue weighted by Gasteiger charge is -2.37. The molecule has 1 aliphatic heterocycles. The van der Waals surface area contributed by atoms with E-state index in [9.17, 15) is 14.4 Å². The van der Waals surface area contributed by atoms with Gasteiger partial charge in [-0.05, 0) is 56.7 Å². The fourth-order valence-corrected chi connectivity index (χ4v) is 4.41. The molecule has 1 aromatic carbocycles. The number of rotatable bonds is 6. The second kappa shape index (κ2) is 10.2. The third kappa shape index (κ3) is 5.68. The molecule has 2 aliphatic rings. The molecule has 1 saturated carbocycles. The maximum Gasteiger partial charge on any atom is 0.234 e. The zero-order valence-corrected chi connectivity index (χ0v) is 16.7. The Kier molecular flexibility index (Phi) is 7.43. The quantitative estimate of drug-likeness (QED) is 0.798. The number of anilines is 1. The summed E-state index contributed by atoms with van der Waals surface area (Å²) in [6.45, 7) is 4.49. The first-order chi connectivity index (χ1) is 14.1. The molecule has 0 spiro atoms. The van der Waals surface area contributed by atoms with Crippen molar-refractivity contribution in [1.29, 1.82) is 10.5 Å². The predicted molar refractivity (Wildman–Crippen MR) is 109 cm³/mol. The molecule has 1 heterocycles. The fraction of sp³-hybridized carbons (Fsp3) is 0.591. The molecular weight excluding hydrogens is 369 g/mol. The largest absolute Gasteiger partial charge is 0.368 e. The van der Waals surface area contributed by atoms with E-state index in [2.05, 4.69) is 15.1 Å². The number of piperazine rings is 1. The van der Waals surface area contributed by atoms with Gasteiger partial charge in [0.15, 0.2) is 0 Å². The molecule has 1 aromatic rings. The van der Waals surface area contributed by atoms with E-state index in [1.54, 1.807) is 6.07 Å². The van der Waals surface area contributed by atoms with Gasteiger partial charge in [-0.3, -0.25) is 9.69 Å². The molecule has 1 N–H and O–H groups in total. The van der Waals surface area contributed by atoms with Crippen molar-refractivity contribution < 1.29 is 9.18 Å². The minimum atomic E-state index is -0.452. The van der Waals surface area contributed by atoms with Crippen molar-refractivity contribution >= 4 is 11.6 Å². The van der Waals surface area contributed by atoms with E-state index in [1.165, 1.54) is 6.07 Å². The Morgan fingerprint density at radius 3 is 2.52 bits per heavy atom. The van der Waals surface area contributed by atoms with Gasteiger partial charge in [0, 0.05) is 32.2 Å². The van der Waals surface area contributed by atoms with Crippen molar-refractivity contribution in [3.8, 4) is 12.1 Å². The van der Waals surface area contributed by atoms with Crippen LogP contribution in [0.5, 0.6) is 0 Å². The number of nitrogens with one attached hydrogen (secondary N) is 1. The lowest BCUT2D eigenvalue weighted by molar-refractivity contribution is -0.121. The van der Waals surface area contributed by atoms with Crippen molar-refractivity contribution in [2.45, 2.75) is 44.6 Å². The highest BCUT2D eigenvalue weighted by atomic mass is 19.1. The van der Waals surface area contributed by atoms with Gasteiger partial charge in [-0.2, -0.15) is 10.5 Å². The van der Waals surface area contributed by atoms with Gasteiger partial charge in [0.2, 0.25) is 5.91 Å². The summed E-state index contributed by atoms with van der Waals surface area (Å²) in [6.07, 6.45) is 5.32. The summed E-state index contributed by atoms with van der Waals surface area (Å²) in [5.41, 5.74) is 0.837. The number of halogens is 1. The second-order valence-electron chi connectivity index (χ2n) is 7.98. The average Bonchev–Trinajstić information content (AvgIpc) is 2.73. The summed E-state index contributed by atoms with van der Waals surface area (Å²) in [6, 6.07) is 8.92. The van der Waals surface area contributed by atoms with Gasteiger partial charge in [-0.25, -0.2) is 4.39 Å². The molecule has 1 aliphatic carbocycles. The van der Waals surface area contributed by atoms with Gasteiger partial charge >= 0.3 is 0 Å². The SMILES string of the molecule is N#CCC(=O)N[C@H]1CC[C@H](CCN2CCN(c3cccc(F)c3C#N)CC2)CC1. The Hall–Kier alpha value is -2.64. The van der Waals surface area contributed by atoms with E-state index >= 15 is 0 Å². The molecule has 3 rings (SSSR count). The Bertz CT molecular complexity index is 783. The van der Waals surface area contributed by atoms with Gasteiger partial charge < -0.3 is 10.2 Å². The Morgan fingerprint density at radius 2 is 1.86 bits per heavy atom. The zero-order valence-electron chi connectivity index (χ0n) is 16.7. The van der Waals surface area contributed by atoms with Gasteiger partial charge in [0.05, 0.1) is 11.8 Å². The third-order valence-electron chi connectivity index (χ3n) is 6.12. The van der Waals surface area contributed by atoms with E-state index in [0.717, 1.165) is 64.8 Å². The normalized spacial score (nSPS) is 22.5. The lowest BCUT2D eigenvalue weighted by atomic mass is 9.84. The summed E-state index contributed by atoms with van der Waals surface area (Å²) in [7, 11) is 0. The molecule has 154 valence electrons. The summed E-state index contributed by atoms with van der Waals surface area (Å²) >= 11 is 0. The van der Waals surface area contributed by atoms with Crippen molar-refractivity contribution in [3.63, 3.8) is 0 Å². The highest BCUT2D eigenvalue weighted by molar-refractivity contribution is 5.78. The van der Waals surface area contributed by atoms with Crippen LogP contribution in [0.25, 0.3) is 0 Å². The van der Waals surface area contributed by atoms with Crippen LogP contribution in [-0.4, -0.2) is 49.6 Å². The standard InChI is InChI=1S/C22H28FN5O/c23-20-2-1-3-21(19(20)16-25)28-14-12-27(13-15-28)11-9-17-4-6-18(7-5-17)26-22(29)8-10-24/h1-3,17-18H,4-9,11-15H2,(H,26,29)/t17-,18-. The number of nitrogens with zero attached hydrogens (tertiary/aromatic N) is 4. The van der Waals surface area contributed by atoms with Crippen LogP contribution in [0.1, 0.15) is 44.1 Å². The molecule has 1 saturated heterocycles. The van der Waals surface area contributed by atoms with Crippen LogP contribution in [0.4, 0.5) is 10.1 Å². The number of hydrogen-bond donors (Lipinski definition) is 1. The number of benzene rings is 1. The number of carbonyl (C=O) groups is 1. The summed E-state index contributed by atoms with van der Waals surface area (Å²) in [5, 5.41) is 20.8. The smallest absolute Gasteiger partial charge is 0.234 e. The fourth-order valence-electron chi connectivity index (χ4n) is 4.41. The van der Waals surface area contributed by atoms with Crippen LogP contribution in [-0.2, 0) is 4.79 Å². The summed E-state index contributed by atoms with van der Waals surface area (Å²) < 4.78 is 13.8. The molecule has 0 aromatic heterocycles. The number of nitriles is 2. The predicted octanol–water partition coefficient (Wildman–Crippen LogP) is 2.80. The van der Waals surface area contributed by atoms with Crippen LogP contribution in [0.3, 0.4) is 0 Å². The zero-order chi connectivity index (χ0) is 20.6. The molecule has 7 heteroatoms. The minimum Gasteiger partial charge on any atom is -0.368 e. The lowest BCUT2D eigenvalue weighted by Crippen LogP contribution is -2.47. The van der Waals surface area contributed by atoms with Crippen LogP contribution < -0.4 is 10.2 Å². The van der Waals surface area contributed by atoms with Gasteiger partial charge in [-0.15, -0.1) is 0 Å². The van der Waals surface area contributed by atoms with Gasteiger partial charge in [0.1, 0.15) is 23.9 Å². The monoisotopic (exact) mass is 397 g/mol. The molecular formula is C22H28FN5O. The maximum absolute atomic E-state index is 13.8. The van der Waals surface area contributed by atoms with Gasteiger partial charge in [-0.1, -0.05) is 6.07 Å². The third-order valence-corrected chi connectivity index (χ3v) is 6.12. The summed E-state index contributed by atoms with van der Waals surface area (Å²) in [4.78, 5) is 16.1. The van der Waals surface area contributed by atoms with E-state index in [0.29, 0.717) is 11.6 Å². The van der Waals surface area contributed by atoms with Crippen LogP contribution in [0, 0.1) is 34.4 Å².